The summed E-state index contributed by atoms with van der Waals surface area (Å²) in [6.45, 7) is -0.523. The lowest BCUT2D eigenvalue weighted by molar-refractivity contribution is -0.138. The van der Waals surface area contributed by atoms with Gasteiger partial charge in [0.15, 0.2) is 0 Å². The lowest BCUT2D eigenvalue weighted by Gasteiger charge is -2.10. The van der Waals surface area contributed by atoms with E-state index in [9.17, 15) is 19.8 Å². The van der Waals surface area contributed by atoms with Crippen LogP contribution in [-0.4, -0.2) is 43.6 Å². The highest BCUT2D eigenvalue weighted by atomic mass is 32.1. The lowest BCUT2D eigenvalue weighted by atomic mass is 10.0. The number of thiophene rings is 1. The second-order valence-corrected chi connectivity index (χ2v) is 6.17. The molecule has 0 saturated carbocycles. The molecule has 7 nitrogen and oxygen atoms in total. The monoisotopic (exact) mass is 310 g/mol. The molecular weight excluding hydrogens is 296 g/mol. The van der Waals surface area contributed by atoms with Crippen molar-refractivity contribution in [3.63, 3.8) is 0 Å². The highest BCUT2D eigenvalue weighted by molar-refractivity contribution is 7.18. The van der Waals surface area contributed by atoms with Gasteiger partial charge in [0.1, 0.15) is 4.83 Å². The fraction of sp³-hybridized carbons (Fsp3) is 0.462. The van der Waals surface area contributed by atoms with Gasteiger partial charge in [-0.1, -0.05) is 0 Å². The molecule has 112 valence electrons. The molecule has 3 rings (SSSR count). The molecule has 2 heterocycles. The Morgan fingerprint density at radius 1 is 1.57 bits per heavy atom. The van der Waals surface area contributed by atoms with Crippen molar-refractivity contribution in [3.05, 3.63) is 27.1 Å². The van der Waals surface area contributed by atoms with Gasteiger partial charge in [-0.2, -0.15) is 0 Å². The molecule has 0 spiro atoms. The Morgan fingerprint density at radius 2 is 2.33 bits per heavy atom. The summed E-state index contributed by atoms with van der Waals surface area (Å²) in [7, 11) is 0. The molecular formula is C13H14N2O5S. The first-order valence-electron chi connectivity index (χ1n) is 6.55. The molecule has 2 unspecified atom stereocenters. The van der Waals surface area contributed by atoms with Gasteiger partial charge in [-0.05, 0) is 18.4 Å². The average Bonchev–Trinajstić information content (AvgIpc) is 2.99. The molecule has 2 aromatic rings. The van der Waals surface area contributed by atoms with Crippen LogP contribution >= 0.6 is 11.3 Å². The molecule has 8 heteroatoms. The van der Waals surface area contributed by atoms with E-state index in [2.05, 4.69) is 4.98 Å². The molecule has 0 radical (unpaired) electrons. The minimum absolute atomic E-state index is 0.0688. The van der Waals surface area contributed by atoms with Crippen LogP contribution in [0.25, 0.3) is 10.2 Å². The van der Waals surface area contributed by atoms with Gasteiger partial charge in [0.05, 0.1) is 36.9 Å². The fourth-order valence-corrected chi connectivity index (χ4v) is 3.94. The number of aliphatic hydroxyl groups is 2. The van der Waals surface area contributed by atoms with Crippen LogP contribution in [-0.2, 0) is 17.8 Å². The lowest BCUT2D eigenvalue weighted by Crippen LogP contribution is -2.29. The number of aryl methyl sites for hydroxylation is 1. The number of carbonyl (C=O) groups is 1. The van der Waals surface area contributed by atoms with Gasteiger partial charge in [0.2, 0.25) is 0 Å². The Morgan fingerprint density at radius 3 is 3.00 bits per heavy atom. The Hall–Kier alpha value is -1.77. The van der Waals surface area contributed by atoms with Gasteiger partial charge in [-0.15, -0.1) is 11.3 Å². The third kappa shape index (κ3) is 2.25. The van der Waals surface area contributed by atoms with E-state index in [-0.39, 0.29) is 12.1 Å². The van der Waals surface area contributed by atoms with Crippen LogP contribution in [0.3, 0.4) is 0 Å². The Labute approximate surface area is 123 Å². The van der Waals surface area contributed by atoms with Crippen LogP contribution in [0, 0.1) is 0 Å². The zero-order valence-corrected chi connectivity index (χ0v) is 11.8. The minimum Gasteiger partial charge on any atom is -0.481 e. The summed E-state index contributed by atoms with van der Waals surface area (Å²) < 4.78 is 1.22. The maximum Gasteiger partial charge on any atom is 0.311 e. The molecule has 21 heavy (non-hydrogen) atoms. The van der Waals surface area contributed by atoms with Crippen LogP contribution < -0.4 is 5.56 Å². The Balaban J connectivity index is 2.17. The van der Waals surface area contributed by atoms with Crippen molar-refractivity contribution in [2.24, 2.45) is 0 Å². The van der Waals surface area contributed by atoms with Gasteiger partial charge in [0.25, 0.3) is 5.56 Å². The summed E-state index contributed by atoms with van der Waals surface area (Å²) in [5.74, 6) is -1.60. The van der Waals surface area contributed by atoms with Gasteiger partial charge < -0.3 is 15.3 Å². The molecule has 3 N–H and O–H groups in total. The maximum absolute atomic E-state index is 12.5. The molecule has 2 atom stereocenters. The van der Waals surface area contributed by atoms with Crippen LogP contribution in [0.4, 0.5) is 0 Å². The number of nitrogens with zero attached hydrogens (tertiary/aromatic N) is 2. The standard InChI is InChI=1S/C13H14N2O5S/c16-4-6(17)3-15-5-14-11-10(12(15)18)9-7(13(19)20)1-2-8(9)21-11/h5-7,16-17H,1-4H2,(H,19,20). The van der Waals surface area contributed by atoms with Crippen molar-refractivity contribution < 1.29 is 20.1 Å². The molecule has 2 aromatic heterocycles. The fourth-order valence-electron chi connectivity index (χ4n) is 2.73. The predicted molar refractivity (Wildman–Crippen MR) is 75.7 cm³/mol. The van der Waals surface area contributed by atoms with E-state index < -0.39 is 24.6 Å². The van der Waals surface area contributed by atoms with Gasteiger partial charge in [-0.25, -0.2) is 4.98 Å². The first-order valence-corrected chi connectivity index (χ1v) is 7.37. The summed E-state index contributed by atoms with van der Waals surface area (Å²) in [5, 5.41) is 28.0. The predicted octanol–water partition coefficient (Wildman–Crippen LogP) is -0.0744. The smallest absolute Gasteiger partial charge is 0.311 e. The quantitative estimate of drug-likeness (QED) is 0.728. The molecule has 0 aromatic carbocycles. The summed E-state index contributed by atoms with van der Waals surface area (Å²) in [6, 6.07) is 0. The molecule has 0 aliphatic heterocycles. The zero-order chi connectivity index (χ0) is 15.1. The van der Waals surface area contributed by atoms with Gasteiger partial charge >= 0.3 is 5.97 Å². The van der Waals surface area contributed by atoms with E-state index in [1.165, 1.54) is 22.2 Å². The van der Waals surface area contributed by atoms with Crippen LogP contribution in [0.1, 0.15) is 22.8 Å². The van der Waals surface area contributed by atoms with Crippen LogP contribution in [0.5, 0.6) is 0 Å². The SMILES string of the molecule is O=C(O)C1CCc2sc3ncn(CC(O)CO)c(=O)c3c21. The average molecular weight is 310 g/mol. The number of rotatable bonds is 4. The minimum atomic E-state index is -1.05. The van der Waals surface area contributed by atoms with E-state index in [1.54, 1.807) is 0 Å². The second kappa shape index (κ2) is 5.21. The van der Waals surface area contributed by atoms with Crippen molar-refractivity contribution in [1.82, 2.24) is 9.55 Å². The van der Waals surface area contributed by atoms with Gasteiger partial charge in [0, 0.05) is 4.88 Å². The number of aliphatic hydroxyl groups excluding tert-OH is 2. The largest absolute Gasteiger partial charge is 0.481 e. The normalized spacial score (nSPS) is 18.9. The molecule has 0 saturated heterocycles. The number of hydrogen-bond acceptors (Lipinski definition) is 6. The first kappa shape index (κ1) is 14.2. The number of fused-ring (bicyclic) bond motifs is 3. The van der Waals surface area contributed by atoms with E-state index >= 15 is 0 Å². The Bertz CT molecular complexity index is 766. The number of aromatic nitrogens is 2. The van der Waals surface area contributed by atoms with E-state index in [4.69, 9.17) is 5.11 Å². The molecule has 1 aliphatic carbocycles. The molecule has 0 amide bonds. The third-order valence-corrected chi connectivity index (χ3v) is 4.89. The highest BCUT2D eigenvalue weighted by Gasteiger charge is 2.34. The van der Waals surface area contributed by atoms with E-state index in [1.807, 2.05) is 0 Å². The second-order valence-electron chi connectivity index (χ2n) is 5.09. The van der Waals surface area contributed by atoms with Crippen LogP contribution in [0.15, 0.2) is 11.1 Å². The van der Waals surface area contributed by atoms with Crippen molar-refractivity contribution in [2.45, 2.75) is 31.4 Å². The topological polar surface area (TPSA) is 113 Å². The number of hydrogen-bond donors (Lipinski definition) is 3. The molecule has 1 aliphatic rings. The first-order chi connectivity index (χ1) is 10.0. The summed E-state index contributed by atoms with van der Waals surface area (Å²) in [6.07, 6.45) is 1.42. The van der Waals surface area contributed by atoms with Crippen LogP contribution in [0.2, 0.25) is 0 Å². The van der Waals surface area contributed by atoms with Crippen molar-refractivity contribution >= 4 is 27.5 Å². The third-order valence-electron chi connectivity index (χ3n) is 3.72. The Kier molecular flexibility index (Phi) is 3.52. The summed E-state index contributed by atoms with van der Waals surface area (Å²) >= 11 is 1.36. The maximum atomic E-state index is 12.5. The molecule has 0 fully saturated rings. The number of carboxylic acids is 1. The summed E-state index contributed by atoms with van der Waals surface area (Å²) in [5.41, 5.74) is 0.214. The van der Waals surface area contributed by atoms with Crippen molar-refractivity contribution in [3.8, 4) is 0 Å². The number of aliphatic carboxylic acids is 1. The van der Waals surface area contributed by atoms with E-state index in [0.717, 1.165) is 4.88 Å². The van der Waals surface area contributed by atoms with E-state index in [0.29, 0.717) is 28.6 Å². The van der Waals surface area contributed by atoms with Gasteiger partial charge in [-0.3, -0.25) is 14.2 Å². The molecule has 0 bridgehead atoms. The van der Waals surface area contributed by atoms with Crippen molar-refractivity contribution in [1.29, 1.82) is 0 Å². The number of carboxylic acid groups (broad SMARTS) is 1. The van der Waals surface area contributed by atoms with Crippen molar-refractivity contribution in [2.75, 3.05) is 6.61 Å². The summed E-state index contributed by atoms with van der Waals surface area (Å²) in [4.78, 5) is 29.5. The zero-order valence-electron chi connectivity index (χ0n) is 11.0. The highest BCUT2D eigenvalue weighted by Crippen LogP contribution is 2.41.